The van der Waals surface area contributed by atoms with Gasteiger partial charge in [0.05, 0.1) is 18.9 Å². The minimum Gasteiger partial charge on any atom is -0.454 e. The molecule has 5 heteroatoms. The fourth-order valence-electron chi connectivity index (χ4n) is 2.49. The van der Waals surface area contributed by atoms with Crippen LogP contribution in [0.4, 0.5) is 0 Å². The van der Waals surface area contributed by atoms with Gasteiger partial charge < -0.3 is 9.64 Å². The smallest absolute Gasteiger partial charge is 0.223 e. The third kappa shape index (κ3) is 3.24. The van der Waals surface area contributed by atoms with Crippen LogP contribution in [0.25, 0.3) is 0 Å². The molecule has 3 rings (SSSR count). The Balaban J connectivity index is 1.65. The van der Waals surface area contributed by atoms with Crippen LogP contribution in [0.2, 0.25) is 0 Å². The average Bonchev–Trinajstić information content (AvgIpc) is 2.83. The highest BCUT2D eigenvalue weighted by molar-refractivity contribution is 5.78. The van der Waals surface area contributed by atoms with E-state index in [-0.39, 0.29) is 11.9 Å². The Hall–Kier alpha value is -2.43. The van der Waals surface area contributed by atoms with Gasteiger partial charge in [-0.05, 0) is 32.4 Å². The van der Waals surface area contributed by atoms with Crippen molar-refractivity contribution in [1.29, 1.82) is 0 Å². The first kappa shape index (κ1) is 14.5. The second-order valence-electron chi connectivity index (χ2n) is 5.66. The highest BCUT2D eigenvalue weighted by Crippen LogP contribution is 2.22. The number of carbonyl (C=O) groups is 1. The predicted octanol–water partition coefficient (Wildman–Crippen LogP) is 3.09. The van der Waals surface area contributed by atoms with Crippen LogP contribution in [-0.2, 0) is 11.3 Å². The molecule has 0 radical (unpaired) electrons. The van der Waals surface area contributed by atoms with E-state index in [1.165, 1.54) is 5.56 Å². The lowest BCUT2D eigenvalue weighted by atomic mass is 10.2. The maximum absolute atomic E-state index is 11.8. The topological polar surface area (TPSA) is 55.3 Å². The molecule has 22 heavy (non-hydrogen) atoms. The van der Waals surface area contributed by atoms with Crippen LogP contribution in [0.3, 0.4) is 0 Å². The summed E-state index contributed by atoms with van der Waals surface area (Å²) >= 11 is 0. The molecular weight excluding hydrogens is 278 g/mol. The molecule has 0 spiro atoms. The summed E-state index contributed by atoms with van der Waals surface area (Å²) in [7, 11) is 0. The Bertz CT molecular complexity index is 653. The summed E-state index contributed by atoms with van der Waals surface area (Å²) < 4.78 is 5.70. The number of carbonyl (C=O) groups excluding carboxylic acids is 1. The maximum atomic E-state index is 11.8. The van der Waals surface area contributed by atoms with Gasteiger partial charge >= 0.3 is 0 Å². The number of rotatable bonds is 4. The number of amides is 1. The number of hydrogen-bond donors (Lipinski definition) is 0. The minimum absolute atomic E-state index is 0.177. The van der Waals surface area contributed by atoms with Gasteiger partial charge in [-0.15, -0.1) is 0 Å². The van der Waals surface area contributed by atoms with Crippen molar-refractivity contribution in [3.63, 3.8) is 0 Å². The maximum Gasteiger partial charge on any atom is 0.223 e. The number of hydrogen-bond acceptors (Lipinski definition) is 4. The number of ether oxygens (including phenoxy) is 1. The minimum atomic E-state index is 0.177. The van der Waals surface area contributed by atoms with Crippen LogP contribution in [-0.4, -0.2) is 26.8 Å². The van der Waals surface area contributed by atoms with Gasteiger partial charge in [-0.25, -0.2) is 9.97 Å². The van der Waals surface area contributed by atoms with Crippen LogP contribution in [0.15, 0.2) is 36.7 Å². The van der Waals surface area contributed by atoms with Gasteiger partial charge in [-0.1, -0.05) is 17.7 Å². The number of likely N-dealkylation sites (tertiary alicyclic amines) is 1. The number of benzene rings is 1. The normalized spacial score (nSPS) is 17.8. The molecule has 1 saturated heterocycles. The lowest BCUT2D eigenvalue weighted by Gasteiger charge is -2.20. The Labute approximate surface area is 130 Å². The monoisotopic (exact) mass is 297 g/mol. The van der Waals surface area contributed by atoms with Crippen molar-refractivity contribution in [1.82, 2.24) is 14.9 Å². The van der Waals surface area contributed by atoms with Crippen molar-refractivity contribution in [3.8, 4) is 11.5 Å². The van der Waals surface area contributed by atoms with Gasteiger partial charge in [-0.2, -0.15) is 0 Å². The SMILES string of the molecule is Cc1ccc(Oc2cnc(CN3C(=O)CCC3C)nc2)cc1. The Morgan fingerprint density at radius 3 is 2.45 bits per heavy atom. The molecule has 1 aromatic heterocycles. The lowest BCUT2D eigenvalue weighted by Crippen LogP contribution is -2.31. The van der Waals surface area contributed by atoms with Crippen molar-refractivity contribution < 1.29 is 9.53 Å². The van der Waals surface area contributed by atoms with E-state index in [1.807, 2.05) is 36.1 Å². The van der Waals surface area contributed by atoms with Crippen molar-refractivity contribution in [3.05, 3.63) is 48.0 Å². The van der Waals surface area contributed by atoms with E-state index in [0.717, 1.165) is 12.2 Å². The van der Waals surface area contributed by atoms with Crippen molar-refractivity contribution in [2.75, 3.05) is 0 Å². The number of nitrogens with zero attached hydrogens (tertiary/aromatic N) is 3. The molecular formula is C17H19N3O2. The van der Waals surface area contributed by atoms with E-state index in [1.54, 1.807) is 12.4 Å². The summed E-state index contributed by atoms with van der Waals surface area (Å²) in [4.78, 5) is 22.2. The van der Waals surface area contributed by atoms with Gasteiger partial charge in [0.2, 0.25) is 5.91 Å². The summed E-state index contributed by atoms with van der Waals surface area (Å²) in [6, 6.07) is 8.07. The first-order valence-corrected chi connectivity index (χ1v) is 7.47. The van der Waals surface area contributed by atoms with E-state index in [0.29, 0.717) is 24.5 Å². The first-order chi connectivity index (χ1) is 10.6. The Kier molecular flexibility index (Phi) is 4.04. The average molecular weight is 297 g/mol. The Morgan fingerprint density at radius 1 is 1.18 bits per heavy atom. The molecule has 2 aromatic rings. The summed E-state index contributed by atoms with van der Waals surface area (Å²) in [6.45, 7) is 4.55. The second kappa shape index (κ2) is 6.13. The molecule has 1 atom stereocenters. The van der Waals surface area contributed by atoms with Crippen LogP contribution in [0.5, 0.6) is 11.5 Å². The van der Waals surface area contributed by atoms with Crippen LogP contribution in [0.1, 0.15) is 31.2 Å². The molecule has 1 fully saturated rings. The van der Waals surface area contributed by atoms with Crippen molar-refractivity contribution in [2.45, 2.75) is 39.3 Å². The number of aromatic nitrogens is 2. The first-order valence-electron chi connectivity index (χ1n) is 7.47. The van der Waals surface area contributed by atoms with E-state index < -0.39 is 0 Å². The van der Waals surface area contributed by atoms with Crippen molar-refractivity contribution in [2.24, 2.45) is 0 Å². The van der Waals surface area contributed by atoms with E-state index in [4.69, 9.17) is 4.74 Å². The van der Waals surface area contributed by atoms with Crippen LogP contribution < -0.4 is 4.74 Å². The van der Waals surface area contributed by atoms with E-state index in [9.17, 15) is 4.79 Å². The van der Waals surface area contributed by atoms with Gasteiger partial charge in [0, 0.05) is 12.5 Å². The van der Waals surface area contributed by atoms with E-state index in [2.05, 4.69) is 16.9 Å². The molecule has 0 bridgehead atoms. The Morgan fingerprint density at radius 2 is 1.86 bits per heavy atom. The molecule has 1 aromatic carbocycles. The number of aryl methyl sites for hydroxylation is 1. The van der Waals surface area contributed by atoms with Crippen LogP contribution in [0, 0.1) is 6.92 Å². The second-order valence-corrected chi connectivity index (χ2v) is 5.66. The molecule has 1 aliphatic heterocycles. The predicted molar refractivity (Wildman–Crippen MR) is 82.5 cm³/mol. The van der Waals surface area contributed by atoms with Gasteiger partial charge in [0.1, 0.15) is 11.6 Å². The van der Waals surface area contributed by atoms with Gasteiger partial charge in [-0.3, -0.25) is 4.79 Å². The third-order valence-corrected chi connectivity index (χ3v) is 3.88. The fraction of sp³-hybridized carbons (Fsp3) is 0.353. The standard InChI is InChI=1S/C17H19N3O2/c1-12-3-6-14(7-4-12)22-15-9-18-16(19-10-15)11-20-13(2)5-8-17(20)21/h3-4,6-7,9-10,13H,5,8,11H2,1-2H3. The van der Waals surface area contributed by atoms with Gasteiger partial charge in [0.25, 0.3) is 0 Å². The quantitative estimate of drug-likeness (QED) is 0.870. The lowest BCUT2D eigenvalue weighted by molar-refractivity contribution is -0.129. The molecule has 5 nitrogen and oxygen atoms in total. The van der Waals surface area contributed by atoms with E-state index >= 15 is 0 Å². The molecule has 0 aliphatic carbocycles. The highest BCUT2D eigenvalue weighted by atomic mass is 16.5. The zero-order valence-electron chi connectivity index (χ0n) is 12.8. The highest BCUT2D eigenvalue weighted by Gasteiger charge is 2.27. The zero-order valence-corrected chi connectivity index (χ0v) is 12.8. The summed E-state index contributed by atoms with van der Waals surface area (Å²) in [5.41, 5.74) is 1.18. The molecule has 1 amide bonds. The molecule has 114 valence electrons. The largest absolute Gasteiger partial charge is 0.454 e. The van der Waals surface area contributed by atoms with Crippen molar-refractivity contribution >= 4 is 5.91 Å². The molecule has 2 heterocycles. The zero-order chi connectivity index (χ0) is 15.5. The third-order valence-electron chi connectivity index (χ3n) is 3.88. The summed E-state index contributed by atoms with van der Waals surface area (Å²) in [5, 5.41) is 0. The fourth-order valence-corrected chi connectivity index (χ4v) is 2.49. The molecule has 0 N–H and O–H groups in total. The molecule has 1 unspecified atom stereocenters. The summed E-state index contributed by atoms with van der Waals surface area (Å²) in [6.07, 6.45) is 4.82. The molecule has 1 aliphatic rings. The van der Waals surface area contributed by atoms with Gasteiger partial charge in [0.15, 0.2) is 5.75 Å². The van der Waals surface area contributed by atoms with Crippen LogP contribution >= 0.6 is 0 Å². The summed E-state index contributed by atoms with van der Waals surface area (Å²) in [5.74, 6) is 2.16. The molecule has 0 saturated carbocycles.